The van der Waals surface area contributed by atoms with E-state index in [4.69, 9.17) is 9.97 Å². The van der Waals surface area contributed by atoms with Crippen molar-refractivity contribution < 1.29 is 0 Å². The van der Waals surface area contributed by atoms with Crippen LogP contribution in [0.15, 0.2) is 194 Å². The third-order valence-corrected chi connectivity index (χ3v) is 8.75. The molecule has 6 aromatic carbocycles. The van der Waals surface area contributed by atoms with E-state index in [0.717, 1.165) is 33.6 Å². The molecule has 2 heterocycles. The summed E-state index contributed by atoms with van der Waals surface area (Å²) in [6.45, 7) is 0. The molecule has 0 saturated heterocycles. The lowest BCUT2D eigenvalue weighted by Gasteiger charge is -2.12. The highest BCUT2D eigenvalue weighted by Crippen LogP contribution is 2.35. The molecule has 2 nitrogen and oxygen atoms in total. The minimum Gasteiger partial charge on any atom is -0.256 e. The van der Waals surface area contributed by atoms with Crippen molar-refractivity contribution >= 4 is 0 Å². The molecule has 8 rings (SSSR count). The molecular formula is C46H32N2. The Morgan fingerprint density at radius 3 is 0.729 bits per heavy atom. The summed E-state index contributed by atoms with van der Waals surface area (Å²) >= 11 is 0. The number of nitrogens with zero attached hydrogens (tertiary/aromatic N) is 2. The second kappa shape index (κ2) is 13.2. The van der Waals surface area contributed by atoms with Crippen LogP contribution in [0.25, 0.3) is 78.1 Å². The Labute approximate surface area is 281 Å². The van der Waals surface area contributed by atoms with Crippen LogP contribution in [0.3, 0.4) is 0 Å². The molecule has 0 unspecified atom stereocenters. The zero-order valence-corrected chi connectivity index (χ0v) is 26.4. The van der Waals surface area contributed by atoms with Gasteiger partial charge < -0.3 is 0 Å². The topological polar surface area (TPSA) is 25.8 Å². The van der Waals surface area contributed by atoms with E-state index >= 15 is 0 Å². The van der Waals surface area contributed by atoms with Crippen molar-refractivity contribution in [3.05, 3.63) is 194 Å². The van der Waals surface area contributed by atoms with Crippen molar-refractivity contribution in [1.29, 1.82) is 0 Å². The van der Waals surface area contributed by atoms with Crippen molar-refractivity contribution in [2.45, 2.75) is 0 Å². The Balaban J connectivity index is 1.11. The maximum Gasteiger partial charge on any atom is 0.0702 e. The number of benzene rings is 6. The van der Waals surface area contributed by atoms with Crippen molar-refractivity contribution in [3.8, 4) is 78.1 Å². The quantitative estimate of drug-likeness (QED) is 0.179. The Morgan fingerprint density at radius 1 is 0.208 bits per heavy atom. The van der Waals surface area contributed by atoms with E-state index in [-0.39, 0.29) is 0 Å². The zero-order valence-electron chi connectivity index (χ0n) is 26.4. The molecule has 2 heteroatoms. The van der Waals surface area contributed by atoms with E-state index in [2.05, 4.69) is 182 Å². The van der Waals surface area contributed by atoms with Crippen molar-refractivity contribution in [3.63, 3.8) is 0 Å². The molecule has 8 aromatic rings. The molecule has 48 heavy (non-hydrogen) atoms. The number of aromatic nitrogens is 2. The summed E-state index contributed by atoms with van der Waals surface area (Å²) in [7, 11) is 0. The minimum absolute atomic E-state index is 0.935. The van der Waals surface area contributed by atoms with E-state index in [9.17, 15) is 0 Å². The van der Waals surface area contributed by atoms with Crippen molar-refractivity contribution in [2.75, 3.05) is 0 Å². The smallest absolute Gasteiger partial charge is 0.0702 e. The number of hydrogen-bond donors (Lipinski definition) is 0. The summed E-state index contributed by atoms with van der Waals surface area (Å²) in [6.07, 6.45) is 3.90. The highest BCUT2D eigenvalue weighted by molar-refractivity contribution is 5.82. The first-order valence-electron chi connectivity index (χ1n) is 16.2. The molecule has 0 aliphatic heterocycles. The van der Waals surface area contributed by atoms with Crippen LogP contribution < -0.4 is 0 Å². The second-order valence-electron chi connectivity index (χ2n) is 11.9. The average Bonchev–Trinajstić information content (AvgIpc) is 3.19. The Bertz CT molecular complexity index is 2000. The summed E-state index contributed by atoms with van der Waals surface area (Å²) in [6, 6.07) is 64.0. The highest BCUT2D eigenvalue weighted by atomic mass is 14.7. The number of rotatable bonds is 7. The first-order chi connectivity index (χ1) is 23.8. The molecule has 0 amide bonds. The van der Waals surface area contributed by atoms with Crippen LogP contribution >= 0.6 is 0 Å². The van der Waals surface area contributed by atoms with Crippen LogP contribution in [-0.4, -0.2) is 9.97 Å². The maximum absolute atomic E-state index is 4.94. The standard InChI is InChI=1S/C46H32N2/c1-5-13-33(14-6-1)39-25-40(34-15-7-2-8-16-34)28-43(27-39)45-23-21-37(31-47-45)38-22-24-46(48-32-38)44-29-41(35-17-9-3-10-18-35)26-42(30-44)36-19-11-4-12-20-36/h1-32H. The molecule has 0 aliphatic rings. The van der Waals surface area contributed by atoms with Gasteiger partial charge in [-0.1, -0.05) is 133 Å². The van der Waals surface area contributed by atoms with Gasteiger partial charge in [0, 0.05) is 34.6 Å². The van der Waals surface area contributed by atoms with Crippen LogP contribution in [0, 0.1) is 0 Å². The number of pyridine rings is 2. The summed E-state index contributed by atoms with van der Waals surface area (Å²) in [5, 5.41) is 0. The van der Waals surface area contributed by atoms with Crippen LogP contribution in [0.1, 0.15) is 0 Å². The third kappa shape index (κ3) is 6.20. The Morgan fingerprint density at radius 2 is 0.479 bits per heavy atom. The Kier molecular flexibility index (Phi) is 7.96. The lowest BCUT2D eigenvalue weighted by atomic mass is 9.94. The average molecular weight is 613 g/mol. The van der Waals surface area contributed by atoms with E-state index in [1.54, 1.807) is 0 Å². The normalized spacial score (nSPS) is 10.9. The largest absolute Gasteiger partial charge is 0.256 e. The fourth-order valence-electron chi connectivity index (χ4n) is 6.21. The summed E-state index contributed by atoms with van der Waals surface area (Å²) in [5.41, 5.74) is 15.5. The zero-order chi connectivity index (χ0) is 32.1. The lowest BCUT2D eigenvalue weighted by molar-refractivity contribution is 1.30. The first-order valence-corrected chi connectivity index (χ1v) is 16.2. The maximum atomic E-state index is 4.94. The van der Waals surface area contributed by atoms with Crippen LogP contribution in [0.2, 0.25) is 0 Å². The lowest BCUT2D eigenvalue weighted by Crippen LogP contribution is -1.90. The first kappa shape index (κ1) is 29.1. The molecule has 0 atom stereocenters. The number of hydrogen-bond acceptors (Lipinski definition) is 2. The van der Waals surface area contributed by atoms with Gasteiger partial charge in [-0.3, -0.25) is 9.97 Å². The van der Waals surface area contributed by atoms with Gasteiger partial charge in [0.2, 0.25) is 0 Å². The van der Waals surface area contributed by atoms with E-state index in [0.29, 0.717) is 0 Å². The van der Waals surface area contributed by atoms with Gasteiger partial charge in [0.05, 0.1) is 11.4 Å². The van der Waals surface area contributed by atoms with E-state index < -0.39 is 0 Å². The van der Waals surface area contributed by atoms with Gasteiger partial charge in [-0.25, -0.2) is 0 Å². The molecule has 0 radical (unpaired) electrons. The fourth-order valence-corrected chi connectivity index (χ4v) is 6.21. The van der Waals surface area contributed by atoms with Gasteiger partial charge in [0.15, 0.2) is 0 Å². The SMILES string of the molecule is c1ccc(-c2cc(-c3ccccc3)cc(-c3ccc(-c4ccc(-c5cc(-c6ccccc6)cc(-c6ccccc6)c5)nc4)cn3)c2)cc1. The van der Waals surface area contributed by atoms with Gasteiger partial charge in [0.25, 0.3) is 0 Å². The van der Waals surface area contributed by atoms with Crippen LogP contribution in [0.4, 0.5) is 0 Å². The molecular weight excluding hydrogens is 581 g/mol. The van der Waals surface area contributed by atoms with Crippen LogP contribution in [-0.2, 0) is 0 Å². The van der Waals surface area contributed by atoms with Crippen LogP contribution in [0.5, 0.6) is 0 Å². The van der Waals surface area contributed by atoms with Crippen molar-refractivity contribution in [2.24, 2.45) is 0 Å². The summed E-state index contributed by atoms with van der Waals surface area (Å²) in [5.74, 6) is 0. The Hall–Kier alpha value is -6.38. The summed E-state index contributed by atoms with van der Waals surface area (Å²) < 4.78 is 0. The molecule has 0 saturated carbocycles. The highest BCUT2D eigenvalue weighted by Gasteiger charge is 2.11. The minimum atomic E-state index is 0.935. The van der Waals surface area contributed by atoms with Gasteiger partial charge in [0.1, 0.15) is 0 Å². The third-order valence-electron chi connectivity index (χ3n) is 8.75. The second-order valence-corrected chi connectivity index (χ2v) is 11.9. The van der Waals surface area contributed by atoms with Crippen molar-refractivity contribution in [1.82, 2.24) is 9.97 Å². The molecule has 2 aromatic heterocycles. The summed E-state index contributed by atoms with van der Waals surface area (Å²) in [4.78, 5) is 9.88. The monoisotopic (exact) mass is 612 g/mol. The van der Waals surface area contributed by atoms with Gasteiger partial charge in [-0.05, 0) is 93.0 Å². The predicted octanol–water partition coefficient (Wildman–Crippen LogP) is 12.1. The van der Waals surface area contributed by atoms with Gasteiger partial charge in [-0.2, -0.15) is 0 Å². The molecule has 0 fully saturated rings. The molecule has 0 aliphatic carbocycles. The van der Waals surface area contributed by atoms with E-state index in [1.807, 2.05) is 12.4 Å². The molecule has 0 N–H and O–H groups in total. The van der Waals surface area contributed by atoms with Gasteiger partial charge in [-0.15, -0.1) is 0 Å². The fraction of sp³-hybridized carbons (Fsp3) is 0. The van der Waals surface area contributed by atoms with Gasteiger partial charge >= 0.3 is 0 Å². The predicted molar refractivity (Wildman–Crippen MR) is 200 cm³/mol. The molecule has 0 spiro atoms. The van der Waals surface area contributed by atoms with E-state index in [1.165, 1.54) is 44.5 Å². The molecule has 226 valence electrons. The molecule has 0 bridgehead atoms.